The van der Waals surface area contributed by atoms with Crippen molar-refractivity contribution in [3.63, 3.8) is 0 Å². The molecule has 4 rings (SSSR count). The van der Waals surface area contributed by atoms with Crippen LogP contribution >= 0.6 is 24.0 Å². The van der Waals surface area contributed by atoms with E-state index in [1.165, 1.54) is 5.39 Å². The molecule has 0 amide bonds. The lowest BCUT2D eigenvalue weighted by atomic mass is 10.2. The van der Waals surface area contributed by atoms with Crippen LogP contribution in [0.25, 0.3) is 16.6 Å². The molecular formula is C19H22IN7. The first-order valence-corrected chi connectivity index (χ1v) is 8.71. The second kappa shape index (κ2) is 8.85. The van der Waals surface area contributed by atoms with Crippen LogP contribution in [0.1, 0.15) is 18.4 Å². The Hall–Kier alpha value is -2.62. The van der Waals surface area contributed by atoms with Crippen LogP contribution in [0.4, 0.5) is 0 Å². The SMILES string of the molecule is CCNC(=NCc1cc2ccccc2[nH]1)NCc1nnc2ccccn12.I. The lowest BCUT2D eigenvalue weighted by molar-refractivity contribution is 0.764. The van der Waals surface area contributed by atoms with Crippen molar-refractivity contribution < 1.29 is 0 Å². The van der Waals surface area contributed by atoms with Crippen LogP contribution in [0.5, 0.6) is 0 Å². The van der Waals surface area contributed by atoms with E-state index < -0.39 is 0 Å². The molecule has 3 N–H and O–H groups in total. The van der Waals surface area contributed by atoms with Crippen LogP contribution in [-0.2, 0) is 13.1 Å². The van der Waals surface area contributed by atoms with Gasteiger partial charge >= 0.3 is 0 Å². The summed E-state index contributed by atoms with van der Waals surface area (Å²) in [4.78, 5) is 8.06. The van der Waals surface area contributed by atoms with Gasteiger partial charge in [0.15, 0.2) is 17.4 Å². The van der Waals surface area contributed by atoms with Crippen LogP contribution in [0.2, 0.25) is 0 Å². The quantitative estimate of drug-likeness (QED) is 0.236. The molecule has 3 heterocycles. The number of aliphatic imine (C=N–C) groups is 1. The molecule has 0 spiro atoms. The molecule has 1 aromatic carbocycles. The summed E-state index contributed by atoms with van der Waals surface area (Å²) >= 11 is 0. The molecule has 0 atom stereocenters. The number of aromatic amines is 1. The van der Waals surface area contributed by atoms with Crippen molar-refractivity contribution in [3.05, 3.63) is 66.2 Å². The standard InChI is InChI=1S/C19H21N7.HI/c1-2-20-19(21-12-15-11-14-7-3-4-8-16(14)23-15)22-13-18-25-24-17-9-5-6-10-26(17)18;/h3-11,23H,2,12-13H2,1H3,(H2,20,21,22);1H. The molecule has 27 heavy (non-hydrogen) atoms. The molecule has 0 aliphatic carbocycles. The minimum atomic E-state index is 0. The normalized spacial score (nSPS) is 11.5. The van der Waals surface area contributed by atoms with Gasteiger partial charge in [-0.3, -0.25) is 4.40 Å². The fraction of sp³-hybridized carbons (Fsp3) is 0.211. The maximum Gasteiger partial charge on any atom is 0.192 e. The van der Waals surface area contributed by atoms with E-state index in [-0.39, 0.29) is 24.0 Å². The van der Waals surface area contributed by atoms with Crippen molar-refractivity contribution in [1.29, 1.82) is 0 Å². The van der Waals surface area contributed by atoms with Gasteiger partial charge in [0.2, 0.25) is 0 Å². The molecule has 0 aliphatic heterocycles. The maximum absolute atomic E-state index is 4.66. The van der Waals surface area contributed by atoms with Crippen LogP contribution in [0, 0.1) is 0 Å². The highest BCUT2D eigenvalue weighted by atomic mass is 127. The summed E-state index contributed by atoms with van der Waals surface area (Å²) in [5, 5.41) is 16.2. The zero-order chi connectivity index (χ0) is 17.8. The smallest absolute Gasteiger partial charge is 0.192 e. The van der Waals surface area contributed by atoms with Crippen molar-refractivity contribution in [2.24, 2.45) is 4.99 Å². The van der Waals surface area contributed by atoms with E-state index in [9.17, 15) is 0 Å². The average molecular weight is 475 g/mol. The molecule has 0 aliphatic rings. The Morgan fingerprint density at radius 1 is 1.11 bits per heavy atom. The Labute approximate surface area is 174 Å². The molecule has 0 saturated heterocycles. The van der Waals surface area contributed by atoms with Gasteiger partial charge in [-0.25, -0.2) is 4.99 Å². The van der Waals surface area contributed by atoms with E-state index in [2.05, 4.69) is 49.0 Å². The van der Waals surface area contributed by atoms with Gasteiger partial charge < -0.3 is 15.6 Å². The lowest BCUT2D eigenvalue weighted by Gasteiger charge is -2.10. The van der Waals surface area contributed by atoms with E-state index in [4.69, 9.17) is 0 Å². The summed E-state index contributed by atoms with van der Waals surface area (Å²) in [6.45, 7) is 3.96. The first-order valence-electron chi connectivity index (χ1n) is 8.71. The fourth-order valence-electron chi connectivity index (χ4n) is 2.90. The molecule has 0 unspecified atom stereocenters. The van der Waals surface area contributed by atoms with Gasteiger partial charge in [-0.15, -0.1) is 34.2 Å². The maximum atomic E-state index is 4.66. The number of nitrogens with zero attached hydrogens (tertiary/aromatic N) is 4. The number of aromatic nitrogens is 4. The molecule has 8 heteroatoms. The Morgan fingerprint density at radius 2 is 1.96 bits per heavy atom. The first kappa shape index (κ1) is 19.2. The minimum absolute atomic E-state index is 0. The number of guanidine groups is 1. The number of fused-ring (bicyclic) bond motifs is 2. The van der Waals surface area contributed by atoms with Crippen molar-refractivity contribution in [1.82, 2.24) is 30.2 Å². The zero-order valence-electron chi connectivity index (χ0n) is 15.0. The van der Waals surface area contributed by atoms with E-state index in [1.54, 1.807) is 0 Å². The predicted molar refractivity (Wildman–Crippen MR) is 118 cm³/mol. The number of rotatable bonds is 5. The fourth-order valence-corrected chi connectivity index (χ4v) is 2.90. The monoisotopic (exact) mass is 475 g/mol. The van der Waals surface area contributed by atoms with E-state index in [0.717, 1.165) is 35.2 Å². The number of para-hydroxylation sites is 1. The molecule has 0 saturated carbocycles. The Balaban J connectivity index is 0.00000210. The first-order chi connectivity index (χ1) is 12.8. The Kier molecular flexibility index (Phi) is 6.28. The molecule has 4 aromatic rings. The van der Waals surface area contributed by atoms with Gasteiger partial charge in [0, 0.05) is 24.0 Å². The third-order valence-electron chi connectivity index (χ3n) is 4.14. The second-order valence-corrected chi connectivity index (χ2v) is 5.98. The summed E-state index contributed by atoms with van der Waals surface area (Å²) in [6.07, 6.45) is 1.96. The molecule has 3 aromatic heterocycles. The van der Waals surface area contributed by atoms with Gasteiger partial charge in [0.1, 0.15) is 0 Å². The second-order valence-electron chi connectivity index (χ2n) is 5.98. The van der Waals surface area contributed by atoms with Crippen molar-refractivity contribution >= 4 is 46.5 Å². The van der Waals surface area contributed by atoms with Gasteiger partial charge in [0.25, 0.3) is 0 Å². The van der Waals surface area contributed by atoms with Crippen molar-refractivity contribution in [2.45, 2.75) is 20.0 Å². The molecule has 0 bridgehead atoms. The topological polar surface area (TPSA) is 82.4 Å². The number of hydrogen-bond acceptors (Lipinski definition) is 3. The zero-order valence-corrected chi connectivity index (χ0v) is 17.3. The van der Waals surface area contributed by atoms with Crippen molar-refractivity contribution in [3.8, 4) is 0 Å². The number of benzene rings is 1. The highest BCUT2D eigenvalue weighted by molar-refractivity contribution is 14.0. The largest absolute Gasteiger partial charge is 0.357 e. The highest BCUT2D eigenvalue weighted by Crippen LogP contribution is 2.15. The number of H-pyrrole nitrogens is 1. The summed E-state index contributed by atoms with van der Waals surface area (Å²) in [5.74, 6) is 1.59. The average Bonchev–Trinajstić information content (AvgIpc) is 3.27. The van der Waals surface area contributed by atoms with Crippen molar-refractivity contribution in [2.75, 3.05) is 6.54 Å². The minimum Gasteiger partial charge on any atom is -0.357 e. The molecule has 140 valence electrons. The van der Waals surface area contributed by atoms with E-state index in [0.29, 0.717) is 13.1 Å². The highest BCUT2D eigenvalue weighted by Gasteiger charge is 2.06. The van der Waals surface area contributed by atoms with E-state index in [1.807, 2.05) is 47.9 Å². The number of hydrogen-bond donors (Lipinski definition) is 3. The van der Waals surface area contributed by atoms with Gasteiger partial charge in [-0.1, -0.05) is 24.3 Å². The lowest BCUT2D eigenvalue weighted by Crippen LogP contribution is -2.37. The third-order valence-corrected chi connectivity index (χ3v) is 4.14. The van der Waals surface area contributed by atoms with Gasteiger partial charge in [0.05, 0.1) is 13.1 Å². The Bertz CT molecular complexity index is 1020. The number of halogens is 1. The molecule has 0 fully saturated rings. The predicted octanol–water partition coefficient (Wildman–Crippen LogP) is 3.08. The van der Waals surface area contributed by atoms with E-state index >= 15 is 0 Å². The third kappa shape index (κ3) is 4.38. The summed E-state index contributed by atoms with van der Waals surface area (Å²) in [7, 11) is 0. The molecule has 0 radical (unpaired) electrons. The van der Waals surface area contributed by atoms with Gasteiger partial charge in [-0.2, -0.15) is 0 Å². The molecular weight excluding hydrogens is 453 g/mol. The van der Waals surface area contributed by atoms with Crippen LogP contribution in [0.3, 0.4) is 0 Å². The summed E-state index contributed by atoms with van der Waals surface area (Å²) in [5.41, 5.74) is 3.05. The Morgan fingerprint density at radius 3 is 2.81 bits per heavy atom. The van der Waals surface area contributed by atoms with Gasteiger partial charge in [-0.05, 0) is 36.6 Å². The summed E-state index contributed by atoms with van der Waals surface area (Å²) < 4.78 is 1.97. The molecule has 7 nitrogen and oxygen atoms in total. The van der Waals surface area contributed by atoms with Crippen LogP contribution in [0.15, 0.2) is 59.7 Å². The summed E-state index contributed by atoms with van der Waals surface area (Å²) in [6, 6.07) is 16.2. The number of nitrogens with one attached hydrogen (secondary N) is 3. The van der Waals surface area contributed by atoms with Crippen LogP contribution < -0.4 is 10.6 Å². The number of pyridine rings is 1. The van der Waals surface area contributed by atoms with Crippen LogP contribution in [-0.4, -0.2) is 32.1 Å².